The summed E-state index contributed by atoms with van der Waals surface area (Å²) < 4.78 is 35.4. The third-order valence-electron chi connectivity index (χ3n) is 4.56. The molecule has 8 heteroatoms. The SMILES string of the molecule is COc1ccc(CNC(=O)N2CC(S(=O)(=O)c3ccc(OC)cc3)C2)cc1. The van der Waals surface area contributed by atoms with Gasteiger partial charge in [0, 0.05) is 19.6 Å². The highest BCUT2D eigenvalue weighted by Crippen LogP contribution is 2.25. The zero-order chi connectivity index (χ0) is 19.4. The second-order valence-electron chi connectivity index (χ2n) is 6.25. The Morgan fingerprint density at radius 3 is 2.04 bits per heavy atom. The van der Waals surface area contributed by atoms with Crippen LogP contribution in [0.2, 0.25) is 0 Å². The van der Waals surface area contributed by atoms with E-state index >= 15 is 0 Å². The molecular formula is C19H22N2O5S. The number of urea groups is 1. The molecule has 0 radical (unpaired) electrons. The van der Waals surface area contributed by atoms with E-state index in [2.05, 4.69) is 5.32 Å². The van der Waals surface area contributed by atoms with E-state index in [1.165, 1.54) is 24.1 Å². The zero-order valence-electron chi connectivity index (χ0n) is 15.2. The highest BCUT2D eigenvalue weighted by atomic mass is 32.2. The average Bonchev–Trinajstić information content (AvgIpc) is 2.65. The van der Waals surface area contributed by atoms with Crippen LogP contribution in [0.1, 0.15) is 5.56 Å². The number of nitrogens with one attached hydrogen (secondary N) is 1. The summed E-state index contributed by atoms with van der Waals surface area (Å²) >= 11 is 0. The number of nitrogens with zero attached hydrogens (tertiary/aromatic N) is 1. The normalized spacial score (nSPS) is 14.4. The first-order valence-electron chi connectivity index (χ1n) is 8.47. The molecule has 144 valence electrons. The van der Waals surface area contributed by atoms with Crippen LogP contribution in [0, 0.1) is 0 Å². The molecule has 1 fully saturated rings. The van der Waals surface area contributed by atoms with Gasteiger partial charge in [-0.3, -0.25) is 0 Å². The number of amides is 2. The lowest BCUT2D eigenvalue weighted by molar-refractivity contribution is 0.169. The maximum Gasteiger partial charge on any atom is 0.317 e. The number of carbonyl (C=O) groups is 1. The van der Waals surface area contributed by atoms with E-state index in [0.717, 1.165) is 11.3 Å². The summed E-state index contributed by atoms with van der Waals surface area (Å²) in [5, 5.41) is 2.21. The third kappa shape index (κ3) is 4.16. The summed E-state index contributed by atoms with van der Waals surface area (Å²) in [5.74, 6) is 1.35. The van der Waals surface area contributed by atoms with Crippen molar-refractivity contribution in [3.05, 3.63) is 54.1 Å². The highest BCUT2D eigenvalue weighted by molar-refractivity contribution is 7.92. The molecule has 1 heterocycles. The first kappa shape index (κ1) is 19.0. The number of benzene rings is 2. The standard InChI is InChI=1S/C19H22N2O5S/c1-25-15-5-3-14(4-6-15)11-20-19(22)21-12-18(13-21)27(23,24)17-9-7-16(26-2)8-10-17/h3-10,18H,11-13H2,1-2H3,(H,20,22). The maximum absolute atomic E-state index is 12.6. The molecule has 3 rings (SSSR count). The van der Waals surface area contributed by atoms with E-state index in [9.17, 15) is 13.2 Å². The van der Waals surface area contributed by atoms with Crippen molar-refractivity contribution in [1.82, 2.24) is 10.2 Å². The van der Waals surface area contributed by atoms with Crippen molar-refractivity contribution in [1.29, 1.82) is 0 Å². The molecule has 0 atom stereocenters. The summed E-state index contributed by atoms with van der Waals surface area (Å²) in [4.78, 5) is 13.9. The Bertz CT molecular complexity index is 889. The second kappa shape index (κ2) is 7.87. The van der Waals surface area contributed by atoms with E-state index in [0.29, 0.717) is 12.3 Å². The average molecular weight is 390 g/mol. The summed E-state index contributed by atoms with van der Waals surface area (Å²) in [5.41, 5.74) is 0.937. The van der Waals surface area contributed by atoms with E-state index in [1.807, 2.05) is 24.3 Å². The van der Waals surface area contributed by atoms with Crippen LogP contribution in [0.3, 0.4) is 0 Å². The maximum atomic E-state index is 12.6. The van der Waals surface area contributed by atoms with Crippen molar-refractivity contribution >= 4 is 15.9 Å². The van der Waals surface area contributed by atoms with Crippen LogP contribution in [0.5, 0.6) is 11.5 Å². The Hall–Kier alpha value is -2.74. The van der Waals surface area contributed by atoms with E-state index in [-0.39, 0.29) is 24.0 Å². The van der Waals surface area contributed by atoms with Crippen molar-refractivity contribution in [3.63, 3.8) is 0 Å². The van der Waals surface area contributed by atoms with E-state index in [1.54, 1.807) is 19.2 Å². The number of hydrogen-bond donors (Lipinski definition) is 1. The molecule has 2 aromatic carbocycles. The van der Waals surface area contributed by atoms with Gasteiger partial charge in [0.1, 0.15) is 16.7 Å². The van der Waals surface area contributed by atoms with Gasteiger partial charge < -0.3 is 19.7 Å². The molecule has 1 N–H and O–H groups in total. The quantitative estimate of drug-likeness (QED) is 0.816. The number of methoxy groups -OCH3 is 2. The van der Waals surface area contributed by atoms with Gasteiger partial charge in [-0.1, -0.05) is 12.1 Å². The summed E-state index contributed by atoms with van der Waals surface area (Å²) in [6.07, 6.45) is 0. The lowest BCUT2D eigenvalue weighted by atomic mass is 10.2. The molecule has 0 unspecified atom stereocenters. The largest absolute Gasteiger partial charge is 0.497 e. The van der Waals surface area contributed by atoms with Crippen molar-refractivity contribution in [2.45, 2.75) is 16.7 Å². The Labute approximate surface area is 158 Å². The van der Waals surface area contributed by atoms with Crippen LogP contribution in [-0.4, -0.2) is 51.9 Å². The van der Waals surface area contributed by atoms with Gasteiger partial charge in [0.15, 0.2) is 9.84 Å². The molecule has 7 nitrogen and oxygen atoms in total. The first-order valence-corrected chi connectivity index (χ1v) is 10.0. The van der Waals surface area contributed by atoms with Crippen LogP contribution >= 0.6 is 0 Å². The number of sulfone groups is 1. The molecule has 0 bridgehead atoms. The molecular weight excluding hydrogens is 368 g/mol. The number of rotatable bonds is 6. The van der Waals surface area contributed by atoms with E-state index in [4.69, 9.17) is 9.47 Å². The molecule has 1 saturated heterocycles. The summed E-state index contributed by atoms with van der Waals surface area (Å²) in [7, 11) is -0.340. The molecule has 2 aromatic rings. The Balaban J connectivity index is 1.52. The topological polar surface area (TPSA) is 84.9 Å². The van der Waals surface area contributed by atoms with Crippen molar-refractivity contribution < 1.29 is 22.7 Å². The molecule has 0 spiro atoms. The fourth-order valence-corrected chi connectivity index (χ4v) is 4.44. The van der Waals surface area contributed by atoms with Gasteiger partial charge in [-0.25, -0.2) is 13.2 Å². The van der Waals surface area contributed by atoms with Gasteiger partial charge in [0.2, 0.25) is 0 Å². The number of carbonyl (C=O) groups excluding carboxylic acids is 1. The molecule has 2 amide bonds. The fraction of sp³-hybridized carbons (Fsp3) is 0.316. The number of likely N-dealkylation sites (tertiary alicyclic amines) is 1. The van der Waals surface area contributed by atoms with Gasteiger partial charge in [-0.05, 0) is 42.0 Å². The molecule has 1 aliphatic heterocycles. The van der Waals surface area contributed by atoms with Crippen molar-refractivity contribution in [2.75, 3.05) is 27.3 Å². The van der Waals surface area contributed by atoms with Gasteiger partial charge in [0.05, 0.1) is 19.1 Å². The van der Waals surface area contributed by atoms with Gasteiger partial charge >= 0.3 is 6.03 Å². The molecule has 1 aliphatic rings. The second-order valence-corrected chi connectivity index (χ2v) is 8.48. The predicted molar refractivity (Wildman–Crippen MR) is 101 cm³/mol. The lowest BCUT2D eigenvalue weighted by Gasteiger charge is -2.38. The Kier molecular flexibility index (Phi) is 5.55. The van der Waals surface area contributed by atoms with Crippen LogP contribution in [0.25, 0.3) is 0 Å². The monoisotopic (exact) mass is 390 g/mol. The van der Waals surface area contributed by atoms with Gasteiger partial charge in [-0.2, -0.15) is 0 Å². The molecule has 27 heavy (non-hydrogen) atoms. The predicted octanol–water partition coefficient (Wildman–Crippen LogP) is 2.07. The fourth-order valence-electron chi connectivity index (χ4n) is 2.79. The first-order chi connectivity index (χ1) is 12.9. The van der Waals surface area contributed by atoms with Crippen molar-refractivity contribution in [2.24, 2.45) is 0 Å². The van der Waals surface area contributed by atoms with Crippen LogP contribution in [0.4, 0.5) is 4.79 Å². The summed E-state index contributed by atoms with van der Waals surface area (Å²) in [6.45, 7) is 0.737. The number of hydrogen-bond acceptors (Lipinski definition) is 5. The minimum absolute atomic E-state index is 0.183. The molecule has 0 aliphatic carbocycles. The van der Waals surface area contributed by atoms with Crippen LogP contribution in [-0.2, 0) is 16.4 Å². The lowest BCUT2D eigenvalue weighted by Crippen LogP contribution is -2.59. The van der Waals surface area contributed by atoms with Gasteiger partial charge in [-0.15, -0.1) is 0 Å². The van der Waals surface area contributed by atoms with E-state index < -0.39 is 15.1 Å². The Morgan fingerprint density at radius 1 is 1.00 bits per heavy atom. The van der Waals surface area contributed by atoms with Crippen molar-refractivity contribution in [3.8, 4) is 11.5 Å². The smallest absolute Gasteiger partial charge is 0.317 e. The minimum Gasteiger partial charge on any atom is -0.497 e. The summed E-state index contributed by atoms with van der Waals surface area (Å²) in [6, 6.07) is 13.4. The minimum atomic E-state index is -3.46. The molecule has 0 aromatic heterocycles. The van der Waals surface area contributed by atoms with Gasteiger partial charge in [0.25, 0.3) is 0 Å². The Morgan fingerprint density at radius 2 is 1.52 bits per heavy atom. The van der Waals surface area contributed by atoms with Crippen LogP contribution in [0.15, 0.2) is 53.4 Å². The van der Waals surface area contributed by atoms with Crippen LogP contribution < -0.4 is 14.8 Å². The number of ether oxygens (including phenoxy) is 2. The zero-order valence-corrected chi connectivity index (χ0v) is 16.0. The third-order valence-corrected chi connectivity index (χ3v) is 6.67. The highest BCUT2D eigenvalue weighted by Gasteiger charge is 2.40. The molecule has 0 saturated carbocycles.